The Morgan fingerprint density at radius 3 is 2.83 bits per heavy atom. The number of hydrogen-bond donors (Lipinski definition) is 2. The zero-order valence-electron chi connectivity index (χ0n) is 13.7. The van der Waals surface area contributed by atoms with Crippen molar-refractivity contribution in [2.75, 3.05) is 19.6 Å². The van der Waals surface area contributed by atoms with Crippen LogP contribution in [0.2, 0.25) is 0 Å². The average molecular weight is 311 g/mol. The number of aromatic nitrogens is 1. The highest BCUT2D eigenvalue weighted by atomic mass is 16.3. The van der Waals surface area contributed by atoms with Crippen molar-refractivity contribution >= 4 is 0 Å². The highest BCUT2D eigenvalue weighted by Gasteiger charge is 2.18. The molecule has 0 radical (unpaired) electrons. The fraction of sp³-hybridized carbons (Fsp3) is 0.421. The molecule has 0 fully saturated rings. The highest BCUT2D eigenvalue weighted by molar-refractivity contribution is 5.29. The van der Waals surface area contributed by atoms with Crippen LogP contribution in [-0.4, -0.2) is 40.7 Å². The van der Waals surface area contributed by atoms with Gasteiger partial charge in [-0.05, 0) is 36.1 Å². The third-order valence-corrected chi connectivity index (χ3v) is 4.52. The number of hydrogen-bond acceptors (Lipinski definition) is 4. The van der Waals surface area contributed by atoms with Crippen LogP contribution >= 0.6 is 0 Å². The van der Waals surface area contributed by atoms with E-state index in [1.807, 2.05) is 12.3 Å². The fourth-order valence-corrected chi connectivity index (χ4v) is 3.14. The first-order valence-corrected chi connectivity index (χ1v) is 8.33. The molecular formula is C19H25N3O. The van der Waals surface area contributed by atoms with Gasteiger partial charge in [0.05, 0.1) is 6.10 Å². The van der Waals surface area contributed by atoms with Crippen LogP contribution in [-0.2, 0) is 13.0 Å². The molecule has 2 atom stereocenters. The molecule has 3 rings (SSSR count). The topological polar surface area (TPSA) is 48.4 Å². The van der Waals surface area contributed by atoms with Crippen molar-refractivity contribution in [3.05, 3.63) is 65.5 Å². The molecule has 2 N–H and O–H groups in total. The predicted molar refractivity (Wildman–Crippen MR) is 92.1 cm³/mol. The minimum atomic E-state index is -0.362. The number of β-amino-alcohol motifs (C(OH)–C–C–N with tert-alkyl or cyclic N) is 1. The van der Waals surface area contributed by atoms with Crippen molar-refractivity contribution in [2.24, 2.45) is 0 Å². The number of aliphatic hydroxyl groups excluding tert-OH is 1. The van der Waals surface area contributed by atoms with Crippen LogP contribution < -0.4 is 5.32 Å². The molecule has 0 spiro atoms. The Bertz CT molecular complexity index is 617. The molecule has 2 unspecified atom stereocenters. The summed E-state index contributed by atoms with van der Waals surface area (Å²) in [5.74, 6) is 0. The van der Waals surface area contributed by atoms with E-state index in [1.165, 1.54) is 11.1 Å². The SMILES string of the molecule is CC(NCC(O)CN1CCc2ccccc2C1)c1cccnc1. The molecule has 0 bridgehead atoms. The van der Waals surface area contributed by atoms with Gasteiger partial charge in [0.2, 0.25) is 0 Å². The minimum Gasteiger partial charge on any atom is -0.390 e. The Balaban J connectivity index is 1.46. The molecule has 23 heavy (non-hydrogen) atoms. The zero-order valence-corrected chi connectivity index (χ0v) is 13.7. The summed E-state index contributed by atoms with van der Waals surface area (Å²) in [6.07, 6.45) is 4.35. The molecule has 0 saturated heterocycles. The van der Waals surface area contributed by atoms with Crippen LogP contribution in [0, 0.1) is 0 Å². The summed E-state index contributed by atoms with van der Waals surface area (Å²) >= 11 is 0. The first-order chi connectivity index (χ1) is 11.2. The van der Waals surface area contributed by atoms with Crippen LogP contribution in [0.25, 0.3) is 0 Å². The lowest BCUT2D eigenvalue weighted by atomic mass is 10.00. The summed E-state index contributed by atoms with van der Waals surface area (Å²) in [7, 11) is 0. The fourth-order valence-electron chi connectivity index (χ4n) is 3.14. The number of nitrogens with zero attached hydrogens (tertiary/aromatic N) is 2. The van der Waals surface area contributed by atoms with Crippen LogP contribution in [0.5, 0.6) is 0 Å². The first-order valence-electron chi connectivity index (χ1n) is 8.33. The smallest absolute Gasteiger partial charge is 0.0791 e. The summed E-state index contributed by atoms with van der Waals surface area (Å²) in [4.78, 5) is 6.47. The van der Waals surface area contributed by atoms with E-state index in [0.29, 0.717) is 13.1 Å². The maximum absolute atomic E-state index is 10.3. The van der Waals surface area contributed by atoms with Gasteiger partial charge in [-0.15, -0.1) is 0 Å². The van der Waals surface area contributed by atoms with Crippen molar-refractivity contribution in [3.8, 4) is 0 Å². The molecule has 1 aromatic carbocycles. The van der Waals surface area contributed by atoms with E-state index < -0.39 is 0 Å². The number of aliphatic hydroxyl groups is 1. The number of fused-ring (bicyclic) bond motifs is 1. The van der Waals surface area contributed by atoms with E-state index in [0.717, 1.165) is 25.1 Å². The Morgan fingerprint density at radius 1 is 1.22 bits per heavy atom. The standard InChI is InChI=1S/C19H25N3O/c1-15(17-7-4-9-20-11-17)21-12-19(23)14-22-10-8-16-5-2-3-6-18(16)13-22/h2-7,9,11,15,19,21,23H,8,10,12-14H2,1H3. The molecule has 4 heteroatoms. The molecule has 2 heterocycles. The van der Waals surface area contributed by atoms with E-state index in [9.17, 15) is 5.11 Å². The lowest BCUT2D eigenvalue weighted by Crippen LogP contribution is -2.41. The first kappa shape index (κ1) is 16.1. The van der Waals surface area contributed by atoms with Gasteiger partial charge in [-0.1, -0.05) is 30.3 Å². The average Bonchev–Trinajstić information content (AvgIpc) is 2.60. The second kappa shape index (κ2) is 7.68. The molecule has 2 aromatic rings. The van der Waals surface area contributed by atoms with Gasteiger partial charge in [0.1, 0.15) is 0 Å². The molecule has 1 aromatic heterocycles. The second-order valence-corrected chi connectivity index (χ2v) is 6.32. The number of benzene rings is 1. The summed E-state index contributed by atoms with van der Waals surface area (Å²) in [5.41, 5.74) is 3.98. The van der Waals surface area contributed by atoms with Crippen LogP contribution in [0.15, 0.2) is 48.8 Å². The Morgan fingerprint density at radius 2 is 2.04 bits per heavy atom. The van der Waals surface area contributed by atoms with Crippen molar-refractivity contribution in [3.63, 3.8) is 0 Å². The van der Waals surface area contributed by atoms with Crippen LogP contribution in [0.1, 0.15) is 29.7 Å². The third-order valence-electron chi connectivity index (χ3n) is 4.52. The van der Waals surface area contributed by atoms with Crippen molar-refractivity contribution < 1.29 is 5.11 Å². The molecule has 0 amide bonds. The lowest BCUT2D eigenvalue weighted by Gasteiger charge is -2.30. The largest absolute Gasteiger partial charge is 0.390 e. The summed E-state index contributed by atoms with van der Waals surface area (Å²) in [6, 6.07) is 12.8. The number of nitrogens with one attached hydrogen (secondary N) is 1. The Kier molecular flexibility index (Phi) is 5.39. The molecule has 0 aliphatic carbocycles. The van der Waals surface area contributed by atoms with Crippen LogP contribution in [0.4, 0.5) is 0 Å². The van der Waals surface area contributed by atoms with Crippen molar-refractivity contribution in [1.29, 1.82) is 0 Å². The van der Waals surface area contributed by atoms with Gasteiger partial charge >= 0.3 is 0 Å². The molecule has 4 nitrogen and oxygen atoms in total. The Labute approximate surface area is 138 Å². The van der Waals surface area contributed by atoms with Gasteiger partial charge < -0.3 is 10.4 Å². The van der Waals surface area contributed by atoms with Gasteiger partial charge in [0.25, 0.3) is 0 Å². The maximum Gasteiger partial charge on any atom is 0.0791 e. The van der Waals surface area contributed by atoms with Crippen molar-refractivity contribution in [1.82, 2.24) is 15.2 Å². The van der Waals surface area contributed by atoms with Gasteiger partial charge in [-0.2, -0.15) is 0 Å². The normalized spacial score (nSPS) is 17.5. The molecule has 0 saturated carbocycles. The van der Waals surface area contributed by atoms with Gasteiger partial charge in [0.15, 0.2) is 0 Å². The monoisotopic (exact) mass is 311 g/mol. The van der Waals surface area contributed by atoms with Gasteiger partial charge in [0, 0.05) is 44.6 Å². The summed E-state index contributed by atoms with van der Waals surface area (Å²) in [6.45, 7) is 5.35. The Hall–Kier alpha value is -1.75. The van der Waals surface area contributed by atoms with Crippen molar-refractivity contribution in [2.45, 2.75) is 32.0 Å². The van der Waals surface area contributed by atoms with Crippen LogP contribution in [0.3, 0.4) is 0 Å². The van der Waals surface area contributed by atoms with E-state index in [1.54, 1.807) is 6.20 Å². The van der Waals surface area contributed by atoms with E-state index in [2.05, 4.69) is 52.5 Å². The second-order valence-electron chi connectivity index (χ2n) is 6.32. The van der Waals surface area contributed by atoms with E-state index in [4.69, 9.17) is 0 Å². The lowest BCUT2D eigenvalue weighted by molar-refractivity contribution is 0.102. The minimum absolute atomic E-state index is 0.195. The summed E-state index contributed by atoms with van der Waals surface area (Å²) < 4.78 is 0. The maximum atomic E-state index is 10.3. The molecule has 1 aliphatic rings. The van der Waals surface area contributed by atoms with E-state index >= 15 is 0 Å². The number of rotatable bonds is 6. The van der Waals surface area contributed by atoms with Gasteiger partial charge in [-0.25, -0.2) is 0 Å². The van der Waals surface area contributed by atoms with Gasteiger partial charge in [-0.3, -0.25) is 9.88 Å². The third kappa shape index (κ3) is 4.38. The number of pyridine rings is 1. The molecule has 122 valence electrons. The predicted octanol–water partition coefficient (Wildman–Crippen LogP) is 2.15. The van der Waals surface area contributed by atoms with E-state index in [-0.39, 0.29) is 12.1 Å². The highest BCUT2D eigenvalue weighted by Crippen LogP contribution is 2.18. The molecule has 1 aliphatic heterocycles. The quantitative estimate of drug-likeness (QED) is 0.858. The summed E-state index contributed by atoms with van der Waals surface area (Å²) in [5, 5.41) is 13.7. The zero-order chi connectivity index (χ0) is 16.1. The molecular weight excluding hydrogens is 286 g/mol.